The van der Waals surface area contributed by atoms with Gasteiger partial charge in [0.05, 0.1) is 13.2 Å². The molecule has 3 heteroatoms. The van der Waals surface area contributed by atoms with Crippen molar-refractivity contribution < 1.29 is 10.2 Å². The minimum atomic E-state index is 0.190. The van der Waals surface area contributed by atoms with Gasteiger partial charge in [0.2, 0.25) is 0 Å². The zero-order valence-corrected chi connectivity index (χ0v) is 19.8. The quantitative estimate of drug-likeness (QED) is 0.134. The van der Waals surface area contributed by atoms with Gasteiger partial charge in [-0.15, -0.1) is 0 Å². The number of aliphatic hydroxyl groups excluding tert-OH is 2. The Morgan fingerprint density at radius 3 is 1.28 bits per heavy atom. The van der Waals surface area contributed by atoms with Gasteiger partial charge in [-0.3, -0.25) is 4.90 Å². The third-order valence-corrected chi connectivity index (χ3v) is 5.82. The van der Waals surface area contributed by atoms with Crippen molar-refractivity contribution in [2.75, 3.05) is 32.8 Å². The van der Waals surface area contributed by atoms with Crippen LogP contribution in [0.15, 0.2) is 12.2 Å². The van der Waals surface area contributed by atoms with Gasteiger partial charge in [0.15, 0.2) is 0 Å². The van der Waals surface area contributed by atoms with E-state index < -0.39 is 0 Å². The summed E-state index contributed by atoms with van der Waals surface area (Å²) in [7, 11) is 0. The van der Waals surface area contributed by atoms with Gasteiger partial charge >= 0.3 is 0 Å². The van der Waals surface area contributed by atoms with Crippen molar-refractivity contribution in [3.8, 4) is 0 Å². The largest absolute Gasteiger partial charge is 0.395 e. The number of rotatable bonds is 24. The highest BCUT2D eigenvalue weighted by Crippen LogP contribution is 2.12. The molecule has 0 heterocycles. The third kappa shape index (κ3) is 23.8. The molecule has 0 rings (SSSR count). The van der Waals surface area contributed by atoms with E-state index in [-0.39, 0.29) is 13.2 Å². The predicted octanol–water partition coefficient (Wildman–Crippen LogP) is 6.87. The normalized spacial score (nSPS) is 11.9. The van der Waals surface area contributed by atoms with Gasteiger partial charge in [-0.1, -0.05) is 103 Å². The summed E-state index contributed by atoms with van der Waals surface area (Å²) in [5.74, 6) is 0. The Labute approximate surface area is 183 Å². The molecule has 29 heavy (non-hydrogen) atoms. The molecule has 0 aliphatic rings. The topological polar surface area (TPSA) is 43.7 Å². The van der Waals surface area contributed by atoms with Gasteiger partial charge in [-0.05, 0) is 38.6 Å². The first-order valence-electron chi connectivity index (χ1n) is 12.9. The molecule has 0 aliphatic carbocycles. The van der Waals surface area contributed by atoms with Crippen molar-refractivity contribution in [2.24, 2.45) is 0 Å². The van der Waals surface area contributed by atoms with Crippen molar-refractivity contribution in [3.63, 3.8) is 0 Å². The summed E-state index contributed by atoms with van der Waals surface area (Å²) < 4.78 is 0. The molecule has 0 bridgehead atoms. The average molecular weight is 412 g/mol. The van der Waals surface area contributed by atoms with Crippen LogP contribution in [0, 0.1) is 0 Å². The lowest BCUT2D eigenvalue weighted by molar-refractivity contribution is 0.159. The molecule has 0 fully saturated rings. The van der Waals surface area contributed by atoms with Crippen molar-refractivity contribution in [1.29, 1.82) is 0 Å². The van der Waals surface area contributed by atoms with Crippen LogP contribution in [0.4, 0.5) is 0 Å². The van der Waals surface area contributed by atoms with E-state index in [9.17, 15) is 0 Å². The molecular formula is C26H53NO2. The minimum Gasteiger partial charge on any atom is -0.395 e. The predicted molar refractivity (Wildman–Crippen MR) is 129 cm³/mol. The molecule has 0 amide bonds. The molecular weight excluding hydrogens is 358 g/mol. The highest BCUT2D eigenvalue weighted by atomic mass is 16.3. The Hall–Kier alpha value is -0.380. The van der Waals surface area contributed by atoms with Crippen molar-refractivity contribution in [2.45, 2.75) is 122 Å². The molecule has 0 spiro atoms. The second-order valence-corrected chi connectivity index (χ2v) is 8.64. The standard InChI is InChI=1S/C26H53NO2/c1-2-3-4-5-6-7-8-9-10-11-12-13-14-15-16-17-18-19-20-21-22-27(23-25-28)24-26-29/h9-10,28-29H,2-8,11-26H2,1H3/b10-9+. The second kappa shape index (κ2) is 25.7. The Morgan fingerprint density at radius 2 is 0.862 bits per heavy atom. The van der Waals surface area contributed by atoms with E-state index >= 15 is 0 Å². The number of hydrogen-bond donors (Lipinski definition) is 2. The smallest absolute Gasteiger partial charge is 0.0558 e. The van der Waals surface area contributed by atoms with Gasteiger partial charge in [0, 0.05) is 13.1 Å². The minimum absolute atomic E-state index is 0.190. The molecule has 0 aliphatic heterocycles. The van der Waals surface area contributed by atoms with Gasteiger partial charge < -0.3 is 10.2 Å². The van der Waals surface area contributed by atoms with E-state index in [0.717, 1.165) is 6.54 Å². The molecule has 0 aromatic heterocycles. The lowest BCUT2D eigenvalue weighted by Crippen LogP contribution is -2.30. The summed E-state index contributed by atoms with van der Waals surface area (Å²) >= 11 is 0. The maximum absolute atomic E-state index is 9.00. The van der Waals surface area contributed by atoms with Crippen molar-refractivity contribution in [1.82, 2.24) is 4.90 Å². The first-order chi connectivity index (χ1) is 14.3. The van der Waals surface area contributed by atoms with Crippen LogP contribution in [0.1, 0.15) is 122 Å². The van der Waals surface area contributed by atoms with E-state index in [1.807, 2.05) is 0 Å². The van der Waals surface area contributed by atoms with Crippen LogP contribution in [0.5, 0.6) is 0 Å². The SMILES string of the molecule is CCCCCCCC/C=C/CCCCCCCCCCCCN(CCO)CCO. The van der Waals surface area contributed by atoms with E-state index in [4.69, 9.17) is 10.2 Å². The highest BCUT2D eigenvalue weighted by molar-refractivity contribution is 4.81. The van der Waals surface area contributed by atoms with Crippen LogP contribution in [0.2, 0.25) is 0 Å². The molecule has 174 valence electrons. The number of nitrogens with zero attached hydrogens (tertiary/aromatic N) is 1. The van der Waals surface area contributed by atoms with Gasteiger partial charge in [0.1, 0.15) is 0 Å². The summed E-state index contributed by atoms with van der Waals surface area (Å²) in [5, 5.41) is 18.0. The molecule has 0 aromatic carbocycles. The Kier molecular flexibility index (Phi) is 25.3. The maximum Gasteiger partial charge on any atom is 0.0558 e. The van der Waals surface area contributed by atoms with Gasteiger partial charge in [-0.25, -0.2) is 0 Å². The number of unbranched alkanes of at least 4 members (excludes halogenated alkanes) is 16. The Balaban J connectivity index is 3.19. The second-order valence-electron chi connectivity index (χ2n) is 8.64. The lowest BCUT2D eigenvalue weighted by atomic mass is 10.1. The van der Waals surface area contributed by atoms with Crippen LogP contribution in [-0.2, 0) is 0 Å². The van der Waals surface area contributed by atoms with Gasteiger partial charge in [-0.2, -0.15) is 0 Å². The molecule has 0 saturated carbocycles. The summed E-state index contributed by atoms with van der Waals surface area (Å²) in [6.45, 7) is 5.05. The monoisotopic (exact) mass is 411 g/mol. The molecule has 0 saturated heterocycles. The maximum atomic E-state index is 9.00. The van der Waals surface area contributed by atoms with E-state index in [1.165, 1.54) is 116 Å². The van der Waals surface area contributed by atoms with E-state index in [1.54, 1.807) is 0 Å². The van der Waals surface area contributed by atoms with Crippen LogP contribution in [0.3, 0.4) is 0 Å². The van der Waals surface area contributed by atoms with E-state index in [2.05, 4.69) is 24.0 Å². The first kappa shape index (κ1) is 28.6. The number of aliphatic hydroxyl groups is 2. The average Bonchev–Trinajstić information content (AvgIpc) is 2.72. The number of allylic oxidation sites excluding steroid dienone is 2. The molecule has 3 nitrogen and oxygen atoms in total. The highest BCUT2D eigenvalue weighted by Gasteiger charge is 2.02. The Morgan fingerprint density at radius 1 is 0.483 bits per heavy atom. The van der Waals surface area contributed by atoms with Crippen molar-refractivity contribution in [3.05, 3.63) is 12.2 Å². The molecule has 0 unspecified atom stereocenters. The fourth-order valence-electron chi connectivity index (χ4n) is 3.91. The zero-order chi connectivity index (χ0) is 21.3. The summed E-state index contributed by atoms with van der Waals surface area (Å²) in [5.41, 5.74) is 0. The summed E-state index contributed by atoms with van der Waals surface area (Å²) in [4.78, 5) is 2.16. The zero-order valence-electron chi connectivity index (χ0n) is 19.8. The Bertz CT molecular complexity index is 314. The van der Waals surface area contributed by atoms with Crippen molar-refractivity contribution >= 4 is 0 Å². The van der Waals surface area contributed by atoms with Crippen LogP contribution >= 0.6 is 0 Å². The number of hydrogen-bond acceptors (Lipinski definition) is 3. The fourth-order valence-corrected chi connectivity index (χ4v) is 3.91. The summed E-state index contributed by atoms with van der Waals surface area (Å²) in [6, 6.07) is 0. The third-order valence-electron chi connectivity index (χ3n) is 5.82. The first-order valence-corrected chi connectivity index (χ1v) is 12.9. The molecule has 0 atom stereocenters. The molecule has 0 aromatic rings. The molecule has 2 N–H and O–H groups in total. The molecule has 0 radical (unpaired) electrons. The van der Waals surface area contributed by atoms with Crippen LogP contribution < -0.4 is 0 Å². The van der Waals surface area contributed by atoms with Gasteiger partial charge in [0.25, 0.3) is 0 Å². The fraction of sp³-hybridized carbons (Fsp3) is 0.923. The van der Waals surface area contributed by atoms with Crippen LogP contribution in [0.25, 0.3) is 0 Å². The summed E-state index contributed by atoms with van der Waals surface area (Å²) in [6.07, 6.45) is 29.3. The van der Waals surface area contributed by atoms with E-state index in [0.29, 0.717) is 13.1 Å². The van der Waals surface area contributed by atoms with Crippen LogP contribution in [-0.4, -0.2) is 48.0 Å². The lowest BCUT2D eigenvalue weighted by Gasteiger charge is -2.19.